The molecule has 0 radical (unpaired) electrons. The number of Topliss-reactive ketones (excluding diaryl/α,β-unsaturated/α-hetero) is 1. The molecule has 3 rings (SSSR count). The number of hydrogen-bond donors (Lipinski definition) is 1. The standard InChI is InChI=1S/C19H16BrNO3/c1-11-3-5-13(6-4-11)17-16(12(2)22)18(23)19(24)21(17)15-9-7-14(20)8-10-15/h3-10,17,23H,1-2H3/t17-/m1/s1. The number of aliphatic hydroxyl groups excluding tert-OH is 1. The lowest BCUT2D eigenvalue weighted by Gasteiger charge is -2.26. The summed E-state index contributed by atoms with van der Waals surface area (Å²) in [7, 11) is 0. The van der Waals surface area contributed by atoms with E-state index in [1.54, 1.807) is 12.1 Å². The topological polar surface area (TPSA) is 57.6 Å². The maximum Gasteiger partial charge on any atom is 0.294 e. The fraction of sp³-hybridized carbons (Fsp3) is 0.158. The number of aryl methyl sites for hydroxylation is 1. The average Bonchev–Trinajstić information content (AvgIpc) is 2.81. The minimum absolute atomic E-state index is 0.131. The lowest BCUT2D eigenvalue weighted by Crippen LogP contribution is -2.30. The summed E-state index contributed by atoms with van der Waals surface area (Å²) < 4.78 is 0.883. The summed E-state index contributed by atoms with van der Waals surface area (Å²) in [4.78, 5) is 26.2. The van der Waals surface area contributed by atoms with Crippen LogP contribution in [-0.4, -0.2) is 16.8 Å². The first kappa shape index (κ1) is 16.5. The summed E-state index contributed by atoms with van der Waals surface area (Å²) >= 11 is 3.37. The Labute approximate surface area is 148 Å². The second kappa shape index (κ2) is 6.24. The highest BCUT2D eigenvalue weighted by Crippen LogP contribution is 2.41. The normalized spacial score (nSPS) is 17.5. The molecule has 0 aliphatic carbocycles. The van der Waals surface area contributed by atoms with Crippen LogP contribution in [0.5, 0.6) is 0 Å². The number of ketones is 1. The van der Waals surface area contributed by atoms with Crippen molar-refractivity contribution in [3.8, 4) is 0 Å². The number of carbonyl (C=O) groups excluding carboxylic acids is 2. The van der Waals surface area contributed by atoms with Crippen LogP contribution in [0, 0.1) is 6.92 Å². The molecular formula is C19H16BrNO3. The summed E-state index contributed by atoms with van der Waals surface area (Å²) in [6.45, 7) is 3.33. The van der Waals surface area contributed by atoms with E-state index in [4.69, 9.17) is 0 Å². The van der Waals surface area contributed by atoms with E-state index in [9.17, 15) is 14.7 Å². The fourth-order valence-electron chi connectivity index (χ4n) is 2.90. The monoisotopic (exact) mass is 385 g/mol. The molecule has 1 amide bonds. The van der Waals surface area contributed by atoms with Crippen molar-refractivity contribution in [1.82, 2.24) is 0 Å². The Hall–Kier alpha value is -2.40. The van der Waals surface area contributed by atoms with Gasteiger partial charge >= 0.3 is 0 Å². The van der Waals surface area contributed by atoms with Crippen molar-refractivity contribution < 1.29 is 14.7 Å². The number of rotatable bonds is 3. The van der Waals surface area contributed by atoms with Crippen LogP contribution in [0.25, 0.3) is 0 Å². The number of aliphatic hydroxyl groups is 1. The van der Waals surface area contributed by atoms with Crippen LogP contribution < -0.4 is 4.90 Å². The zero-order chi connectivity index (χ0) is 17.4. The van der Waals surface area contributed by atoms with E-state index in [0.717, 1.165) is 15.6 Å². The molecule has 24 heavy (non-hydrogen) atoms. The Bertz CT molecular complexity index is 838. The molecule has 0 aromatic heterocycles. The van der Waals surface area contributed by atoms with E-state index in [2.05, 4.69) is 15.9 Å². The minimum atomic E-state index is -0.628. The predicted molar refractivity (Wildman–Crippen MR) is 95.9 cm³/mol. The average molecular weight is 386 g/mol. The zero-order valence-electron chi connectivity index (χ0n) is 13.3. The quantitative estimate of drug-likeness (QED) is 0.858. The Morgan fingerprint density at radius 3 is 2.21 bits per heavy atom. The molecule has 2 aromatic carbocycles. The number of nitrogens with zero attached hydrogens (tertiary/aromatic N) is 1. The first-order chi connectivity index (χ1) is 11.4. The van der Waals surface area contributed by atoms with Gasteiger partial charge in [0.1, 0.15) is 0 Å². The Morgan fingerprint density at radius 2 is 1.67 bits per heavy atom. The molecule has 2 aromatic rings. The minimum Gasteiger partial charge on any atom is -0.503 e. The molecule has 122 valence electrons. The van der Waals surface area contributed by atoms with Gasteiger partial charge in [0, 0.05) is 10.2 Å². The highest BCUT2D eigenvalue weighted by atomic mass is 79.9. The molecule has 1 aliphatic heterocycles. The number of halogens is 1. The summed E-state index contributed by atoms with van der Waals surface area (Å²) in [5, 5.41) is 10.3. The van der Waals surface area contributed by atoms with E-state index in [1.165, 1.54) is 11.8 Å². The summed E-state index contributed by atoms with van der Waals surface area (Å²) in [6.07, 6.45) is 0. The van der Waals surface area contributed by atoms with Gasteiger partial charge in [-0.05, 0) is 43.7 Å². The van der Waals surface area contributed by atoms with Gasteiger partial charge in [0.2, 0.25) is 0 Å². The maximum absolute atomic E-state index is 12.6. The SMILES string of the molecule is CC(=O)C1=C(O)C(=O)N(c2ccc(Br)cc2)[C@@H]1c1ccc(C)cc1. The van der Waals surface area contributed by atoms with Gasteiger partial charge in [-0.2, -0.15) is 0 Å². The summed E-state index contributed by atoms with van der Waals surface area (Å²) in [5.74, 6) is -1.35. The van der Waals surface area contributed by atoms with Crippen molar-refractivity contribution in [2.24, 2.45) is 0 Å². The van der Waals surface area contributed by atoms with Crippen LogP contribution >= 0.6 is 15.9 Å². The van der Waals surface area contributed by atoms with Gasteiger partial charge in [-0.3, -0.25) is 14.5 Å². The molecular weight excluding hydrogens is 370 g/mol. The number of anilines is 1. The number of amides is 1. The van der Waals surface area contributed by atoms with Crippen molar-refractivity contribution >= 4 is 33.3 Å². The predicted octanol–water partition coefficient (Wildman–Crippen LogP) is 4.25. The zero-order valence-corrected chi connectivity index (χ0v) is 14.9. The molecule has 1 N–H and O–H groups in total. The van der Waals surface area contributed by atoms with Crippen LogP contribution in [0.15, 0.2) is 64.3 Å². The van der Waals surface area contributed by atoms with Gasteiger partial charge < -0.3 is 5.11 Å². The van der Waals surface area contributed by atoms with Gasteiger partial charge in [0.05, 0.1) is 11.6 Å². The molecule has 4 nitrogen and oxygen atoms in total. The van der Waals surface area contributed by atoms with E-state index < -0.39 is 17.7 Å². The van der Waals surface area contributed by atoms with Gasteiger partial charge in [-0.25, -0.2) is 0 Å². The van der Waals surface area contributed by atoms with E-state index >= 15 is 0 Å². The van der Waals surface area contributed by atoms with Gasteiger partial charge in [0.25, 0.3) is 5.91 Å². The third-order valence-corrected chi connectivity index (χ3v) is 4.61. The summed E-state index contributed by atoms with van der Waals surface area (Å²) in [6, 6.07) is 14.2. The number of carbonyl (C=O) groups is 2. The molecule has 5 heteroatoms. The van der Waals surface area contributed by atoms with Crippen molar-refractivity contribution in [3.05, 3.63) is 75.5 Å². The molecule has 1 heterocycles. The maximum atomic E-state index is 12.6. The fourth-order valence-corrected chi connectivity index (χ4v) is 3.16. The van der Waals surface area contributed by atoms with Gasteiger partial charge in [-0.1, -0.05) is 45.8 Å². The smallest absolute Gasteiger partial charge is 0.294 e. The third kappa shape index (κ3) is 2.76. The lowest BCUT2D eigenvalue weighted by molar-refractivity contribution is -0.117. The second-order valence-electron chi connectivity index (χ2n) is 5.78. The van der Waals surface area contributed by atoms with E-state index in [0.29, 0.717) is 5.69 Å². The molecule has 0 spiro atoms. The van der Waals surface area contributed by atoms with Crippen LogP contribution in [0.2, 0.25) is 0 Å². The highest BCUT2D eigenvalue weighted by Gasteiger charge is 2.43. The van der Waals surface area contributed by atoms with Crippen molar-refractivity contribution in [2.75, 3.05) is 4.90 Å². The lowest BCUT2D eigenvalue weighted by atomic mass is 9.96. The van der Waals surface area contributed by atoms with Gasteiger partial charge in [0.15, 0.2) is 11.5 Å². The molecule has 0 bridgehead atoms. The van der Waals surface area contributed by atoms with Crippen molar-refractivity contribution in [1.29, 1.82) is 0 Å². The summed E-state index contributed by atoms with van der Waals surface area (Å²) in [5.41, 5.74) is 2.62. The van der Waals surface area contributed by atoms with Crippen molar-refractivity contribution in [3.63, 3.8) is 0 Å². The van der Waals surface area contributed by atoms with Crippen molar-refractivity contribution in [2.45, 2.75) is 19.9 Å². The molecule has 0 unspecified atom stereocenters. The molecule has 1 atom stereocenters. The first-order valence-electron chi connectivity index (χ1n) is 7.50. The highest BCUT2D eigenvalue weighted by molar-refractivity contribution is 9.10. The second-order valence-corrected chi connectivity index (χ2v) is 6.70. The molecule has 0 fully saturated rings. The Kier molecular flexibility index (Phi) is 4.28. The third-order valence-electron chi connectivity index (χ3n) is 4.09. The largest absolute Gasteiger partial charge is 0.503 e. The van der Waals surface area contributed by atoms with E-state index in [1.807, 2.05) is 43.3 Å². The van der Waals surface area contributed by atoms with Crippen LogP contribution in [0.1, 0.15) is 24.1 Å². The molecule has 0 saturated heterocycles. The molecule has 0 saturated carbocycles. The van der Waals surface area contributed by atoms with Crippen LogP contribution in [0.4, 0.5) is 5.69 Å². The van der Waals surface area contributed by atoms with Crippen LogP contribution in [0.3, 0.4) is 0 Å². The Balaban J connectivity index is 2.16. The van der Waals surface area contributed by atoms with Crippen LogP contribution in [-0.2, 0) is 9.59 Å². The number of benzene rings is 2. The first-order valence-corrected chi connectivity index (χ1v) is 8.29. The van der Waals surface area contributed by atoms with E-state index in [-0.39, 0.29) is 11.4 Å². The molecule has 1 aliphatic rings. The van der Waals surface area contributed by atoms with Gasteiger partial charge in [-0.15, -0.1) is 0 Å². The Morgan fingerprint density at radius 1 is 1.08 bits per heavy atom. The number of hydrogen-bond acceptors (Lipinski definition) is 3.